The minimum Gasteiger partial charge on any atom is -0.497 e. The molecule has 5 nitrogen and oxygen atoms in total. The van der Waals surface area contributed by atoms with Crippen molar-refractivity contribution in [1.82, 2.24) is 9.55 Å². The zero-order valence-corrected chi connectivity index (χ0v) is 12.3. The van der Waals surface area contributed by atoms with Gasteiger partial charge in [-0.2, -0.15) is 0 Å². The minimum absolute atomic E-state index is 0.419. The van der Waals surface area contributed by atoms with Gasteiger partial charge in [0.2, 0.25) is 5.95 Å². The van der Waals surface area contributed by atoms with Crippen molar-refractivity contribution in [3.63, 3.8) is 0 Å². The first-order valence-corrected chi connectivity index (χ1v) is 6.61. The highest BCUT2D eigenvalue weighted by Crippen LogP contribution is 2.31. The summed E-state index contributed by atoms with van der Waals surface area (Å²) < 4.78 is 12.6. The Kier molecular flexibility index (Phi) is 3.17. The van der Waals surface area contributed by atoms with E-state index >= 15 is 0 Å². The van der Waals surface area contributed by atoms with Crippen LogP contribution in [0.25, 0.3) is 16.7 Å². The van der Waals surface area contributed by atoms with Crippen LogP contribution in [0.1, 0.15) is 5.56 Å². The van der Waals surface area contributed by atoms with E-state index < -0.39 is 0 Å². The summed E-state index contributed by atoms with van der Waals surface area (Å²) in [5, 5.41) is 0. The molecule has 0 fully saturated rings. The predicted molar refractivity (Wildman–Crippen MR) is 83.3 cm³/mol. The summed E-state index contributed by atoms with van der Waals surface area (Å²) in [5.74, 6) is 1.92. The summed E-state index contributed by atoms with van der Waals surface area (Å²) in [4.78, 5) is 4.40. The summed E-state index contributed by atoms with van der Waals surface area (Å²) in [6, 6.07) is 11.6. The van der Waals surface area contributed by atoms with E-state index in [4.69, 9.17) is 15.2 Å². The number of fused-ring (bicyclic) bond motifs is 1. The van der Waals surface area contributed by atoms with Crippen molar-refractivity contribution < 1.29 is 9.47 Å². The molecular weight excluding hydrogens is 266 g/mol. The van der Waals surface area contributed by atoms with Crippen molar-refractivity contribution in [2.45, 2.75) is 6.92 Å². The smallest absolute Gasteiger partial charge is 0.206 e. The van der Waals surface area contributed by atoms with Crippen molar-refractivity contribution in [3.8, 4) is 17.2 Å². The molecular formula is C16H17N3O2. The first kappa shape index (κ1) is 13.3. The Morgan fingerprint density at radius 2 is 1.86 bits per heavy atom. The maximum absolute atomic E-state index is 6.11. The fraction of sp³-hybridized carbons (Fsp3) is 0.188. The molecule has 5 heteroatoms. The standard InChI is InChI=1S/C16H17N3O2/c1-10-4-7-15(21-3)14(8-10)19-13-9-11(20-2)5-6-12(13)18-16(19)17/h4-9H,1-3H3,(H2,17,18). The van der Waals surface area contributed by atoms with Crippen LogP contribution < -0.4 is 15.2 Å². The number of aryl methyl sites for hydroxylation is 1. The topological polar surface area (TPSA) is 62.3 Å². The van der Waals surface area contributed by atoms with Gasteiger partial charge in [0, 0.05) is 6.07 Å². The molecule has 0 aliphatic heterocycles. The molecule has 0 saturated heterocycles. The van der Waals surface area contributed by atoms with Crippen molar-refractivity contribution >= 4 is 17.0 Å². The van der Waals surface area contributed by atoms with Crippen LogP contribution in [0, 0.1) is 6.92 Å². The fourth-order valence-electron chi connectivity index (χ4n) is 2.43. The van der Waals surface area contributed by atoms with Crippen LogP contribution in [-0.4, -0.2) is 23.8 Å². The number of hydrogen-bond acceptors (Lipinski definition) is 4. The quantitative estimate of drug-likeness (QED) is 0.802. The molecule has 0 atom stereocenters. The van der Waals surface area contributed by atoms with Crippen LogP contribution in [0.15, 0.2) is 36.4 Å². The molecule has 0 aliphatic rings. The Labute approximate surface area is 122 Å². The average molecular weight is 283 g/mol. The zero-order chi connectivity index (χ0) is 15.0. The van der Waals surface area contributed by atoms with Gasteiger partial charge in [-0.1, -0.05) is 6.07 Å². The maximum atomic E-state index is 6.11. The molecule has 0 spiro atoms. The summed E-state index contributed by atoms with van der Waals surface area (Å²) in [5.41, 5.74) is 9.79. The number of rotatable bonds is 3. The average Bonchev–Trinajstić information content (AvgIpc) is 2.81. The van der Waals surface area contributed by atoms with E-state index in [2.05, 4.69) is 4.98 Å². The summed E-state index contributed by atoms with van der Waals surface area (Å²) in [6.07, 6.45) is 0. The lowest BCUT2D eigenvalue weighted by atomic mass is 10.2. The second-order valence-corrected chi connectivity index (χ2v) is 4.84. The number of nitrogens with zero attached hydrogens (tertiary/aromatic N) is 2. The predicted octanol–water partition coefficient (Wildman–Crippen LogP) is 2.93. The molecule has 2 N–H and O–H groups in total. The van der Waals surface area contributed by atoms with Gasteiger partial charge < -0.3 is 15.2 Å². The molecule has 0 unspecified atom stereocenters. The van der Waals surface area contributed by atoms with E-state index in [0.717, 1.165) is 33.8 Å². The summed E-state index contributed by atoms with van der Waals surface area (Å²) in [6.45, 7) is 2.03. The van der Waals surface area contributed by atoms with Gasteiger partial charge in [0.05, 0.1) is 30.9 Å². The van der Waals surface area contributed by atoms with E-state index in [9.17, 15) is 0 Å². The van der Waals surface area contributed by atoms with Crippen molar-refractivity contribution in [2.75, 3.05) is 20.0 Å². The van der Waals surface area contributed by atoms with Crippen LogP contribution >= 0.6 is 0 Å². The molecule has 21 heavy (non-hydrogen) atoms. The number of hydrogen-bond donors (Lipinski definition) is 1. The van der Waals surface area contributed by atoms with E-state index in [-0.39, 0.29) is 0 Å². The lowest BCUT2D eigenvalue weighted by molar-refractivity contribution is 0.412. The lowest BCUT2D eigenvalue weighted by Crippen LogP contribution is -2.03. The number of anilines is 1. The molecule has 1 heterocycles. The molecule has 3 aromatic rings. The third-order valence-electron chi connectivity index (χ3n) is 3.46. The fourth-order valence-corrected chi connectivity index (χ4v) is 2.43. The van der Waals surface area contributed by atoms with Gasteiger partial charge in [-0.15, -0.1) is 0 Å². The first-order valence-electron chi connectivity index (χ1n) is 6.61. The molecule has 0 radical (unpaired) electrons. The van der Waals surface area contributed by atoms with Crippen LogP contribution in [0.4, 0.5) is 5.95 Å². The lowest BCUT2D eigenvalue weighted by Gasteiger charge is -2.12. The molecule has 3 rings (SSSR count). The molecule has 0 aliphatic carbocycles. The van der Waals surface area contributed by atoms with Crippen LogP contribution in [0.2, 0.25) is 0 Å². The highest BCUT2D eigenvalue weighted by Gasteiger charge is 2.14. The Hall–Kier alpha value is -2.69. The van der Waals surface area contributed by atoms with E-state index in [1.807, 2.05) is 47.9 Å². The van der Waals surface area contributed by atoms with Crippen molar-refractivity contribution in [3.05, 3.63) is 42.0 Å². The van der Waals surface area contributed by atoms with Crippen molar-refractivity contribution in [1.29, 1.82) is 0 Å². The number of nitrogen functional groups attached to an aromatic ring is 1. The monoisotopic (exact) mass is 283 g/mol. The molecule has 2 aromatic carbocycles. The van der Waals surface area contributed by atoms with Gasteiger partial charge in [0.15, 0.2) is 0 Å². The Bertz CT molecular complexity index is 809. The van der Waals surface area contributed by atoms with Gasteiger partial charge in [0.1, 0.15) is 11.5 Å². The number of ether oxygens (including phenoxy) is 2. The highest BCUT2D eigenvalue weighted by molar-refractivity contribution is 5.83. The van der Waals surface area contributed by atoms with Gasteiger partial charge in [0.25, 0.3) is 0 Å². The van der Waals surface area contributed by atoms with E-state index in [1.54, 1.807) is 14.2 Å². The van der Waals surface area contributed by atoms with Crippen LogP contribution in [0.5, 0.6) is 11.5 Å². The van der Waals surface area contributed by atoms with Gasteiger partial charge in [-0.3, -0.25) is 4.57 Å². The zero-order valence-electron chi connectivity index (χ0n) is 12.3. The van der Waals surface area contributed by atoms with Crippen LogP contribution in [-0.2, 0) is 0 Å². The minimum atomic E-state index is 0.419. The summed E-state index contributed by atoms with van der Waals surface area (Å²) in [7, 11) is 3.28. The Morgan fingerprint density at radius 1 is 1.05 bits per heavy atom. The number of imidazole rings is 1. The third kappa shape index (κ3) is 2.16. The van der Waals surface area contributed by atoms with Gasteiger partial charge >= 0.3 is 0 Å². The highest BCUT2D eigenvalue weighted by atomic mass is 16.5. The molecule has 108 valence electrons. The van der Waals surface area contributed by atoms with E-state index in [1.165, 1.54) is 0 Å². The first-order chi connectivity index (χ1) is 10.1. The molecule has 1 aromatic heterocycles. The van der Waals surface area contributed by atoms with Crippen LogP contribution in [0.3, 0.4) is 0 Å². The maximum Gasteiger partial charge on any atom is 0.206 e. The number of aromatic nitrogens is 2. The van der Waals surface area contributed by atoms with Crippen molar-refractivity contribution in [2.24, 2.45) is 0 Å². The number of nitrogens with two attached hydrogens (primary N) is 1. The van der Waals surface area contributed by atoms with Gasteiger partial charge in [-0.05, 0) is 36.8 Å². The normalized spacial score (nSPS) is 10.8. The molecule has 0 amide bonds. The molecule has 0 bridgehead atoms. The molecule has 0 saturated carbocycles. The second-order valence-electron chi connectivity index (χ2n) is 4.84. The van der Waals surface area contributed by atoms with E-state index in [0.29, 0.717) is 5.95 Å². The Morgan fingerprint density at radius 3 is 2.57 bits per heavy atom. The van der Waals surface area contributed by atoms with Gasteiger partial charge in [-0.25, -0.2) is 4.98 Å². The Balaban J connectivity index is 2.33. The number of methoxy groups -OCH3 is 2. The summed E-state index contributed by atoms with van der Waals surface area (Å²) >= 11 is 0. The second kappa shape index (κ2) is 5.01. The third-order valence-corrected chi connectivity index (χ3v) is 3.46. The largest absolute Gasteiger partial charge is 0.497 e. The number of benzene rings is 2. The SMILES string of the molecule is COc1ccc2nc(N)n(-c3cc(C)ccc3OC)c2c1.